The van der Waals surface area contributed by atoms with E-state index in [0.717, 1.165) is 5.69 Å². The maximum atomic E-state index is 12.5. The maximum absolute atomic E-state index is 12.5. The van der Waals surface area contributed by atoms with E-state index in [1.54, 1.807) is 35.2 Å². The zero-order valence-corrected chi connectivity index (χ0v) is 14.6. The number of nitrogens with zero attached hydrogens (tertiary/aromatic N) is 3. The van der Waals surface area contributed by atoms with Crippen LogP contribution in [-0.2, 0) is 0 Å². The summed E-state index contributed by atoms with van der Waals surface area (Å²) in [6, 6.07) is 16.5. The topological polar surface area (TPSA) is 76.4 Å². The molecule has 0 aromatic heterocycles. The molecule has 0 unspecified atom stereocenters. The lowest BCUT2D eigenvalue weighted by Crippen LogP contribution is -2.50. The maximum Gasteiger partial charge on any atom is 0.321 e. The fourth-order valence-electron chi connectivity index (χ4n) is 3.01. The van der Waals surface area contributed by atoms with Crippen LogP contribution < -0.4 is 10.2 Å². The molecule has 26 heavy (non-hydrogen) atoms. The number of hydrogen-bond donors (Lipinski definition) is 1. The molecular formula is C20H20N4O2. The molecule has 0 radical (unpaired) electrons. The minimum absolute atomic E-state index is 0.0362. The van der Waals surface area contributed by atoms with Gasteiger partial charge >= 0.3 is 6.03 Å². The van der Waals surface area contributed by atoms with E-state index in [1.807, 2.05) is 18.2 Å². The van der Waals surface area contributed by atoms with Crippen LogP contribution in [0.3, 0.4) is 0 Å². The Kier molecular flexibility index (Phi) is 5.18. The molecular weight excluding hydrogens is 328 g/mol. The Morgan fingerprint density at radius 3 is 2.46 bits per heavy atom. The van der Waals surface area contributed by atoms with Crippen LogP contribution in [-0.4, -0.2) is 42.9 Å². The molecule has 6 nitrogen and oxygen atoms in total. The lowest BCUT2D eigenvalue weighted by Gasteiger charge is -2.36. The first-order chi connectivity index (χ1) is 12.6. The van der Waals surface area contributed by atoms with Gasteiger partial charge in [-0.3, -0.25) is 4.79 Å². The van der Waals surface area contributed by atoms with Crippen molar-refractivity contribution in [1.82, 2.24) is 4.90 Å². The fraction of sp³-hybridized carbons (Fsp3) is 0.250. The minimum atomic E-state index is -0.182. The lowest BCUT2D eigenvalue weighted by molar-refractivity contribution is 0.101. The van der Waals surface area contributed by atoms with Crippen molar-refractivity contribution in [2.75, 3.05) is 36.4 Å². The second-order valence-electron chi connectivity index (χ2n) is 6.17. The van der Waals surface area contributed by atoms with E-state index >= 15 is 0 Å². The van der Waals surface area contributed by atoms with E-state index < -0.39 is 0 Å². The summed E-state index contributed by atoms with van der Waals surface area (Å²) >= 11 is 0. The summed E-state index contributed by atoms with van der Waals surface area (Å²) < 4.78 is 0. The second-order valence-corrected chi connectivity index (χ2v) is 6.17. The number of urea groups is 1. The summed E-state index contributed by atoms with van der Waals surface area (Å²) in [5, 5.41) is 12.1. The van der Waals surface area contributed by atoms with E-state index in [1.165, 1.54) is 6.92 Å². The zero-order chi connectivity index (χ0) is 18.5. The largest absolute Gasteiger partial charge is 0.367 e. The second kappa shape index (κ2) is 7.70. The van der Waals surface area contributed by atoms with Gasteiger partial charge in [0.2, 0.25) is 0 Å². The molecule has 1 fully saturated rings. The summed E-state index contributed by atoms with van der Waals surface area (Å²) in [5.74, 6) is -0.0362. The van der Waals surface area contributed by atoms with Crippen molar-refractivity contribution in [3.63, 3.8) is 0 Å². The summed E-state index contributed by atoms with van der Waals surface area (Å²) in [4.78, 5) is 27.8. The average Bonchev–Trinajstić information content (AvgIpc) is 2.68. The summed E-state index contributed by atoms with van der Waals surface area (Å²) in [5.41, 5.74) is 2.73. The quantitative estimate of drug-likeness (QED) is 0.865. The van der Waals surface area contributed by atoms with Crippen molar-refractivity contribution in [2.24, 2.45) is 0 Å². The van der Waals surface area contributed by atoms with Crippen molar-refractivity contribution in [3.8, 4) is 6.07 Å². The van der Waals surface area contributed by atoms with Crippen LogP contribution in [0.15, 0.2) is 48.5 Å². The van der Waals surface area contributed by atoms with E-state index in [4.69, 9.17) is 0 Å². The molecule has 2 aromatic carbocycles. The fourth-order valence-corrected chi connectivity index (χ4v) is 3.01. The number of nitriles is 1. The molecule has 3 rings (SSSR count). The molecule has 1 heterocycles. The van der Waals surface area contributed by atoms with Crippen molar-refractivity contribution in [3.05, 3.63) is 59.7 Å². The van der Waals surface area contributed by atoms with Crippen LogP contribution in [0.1, 0.15) is 22.8 Å². The Morgan fingerprint density at radius 1 is 1.04 bits per heavy atom. The normalized spacial score (nSPS) is 13.8. The van der Waals surface area contributed by atoms with Gasteiger partial charge in [-0.25, -0.2) is 4.79 Å². The van der Waals surface area contributed by atoms with Gasteiger partial charge in [0, 0.05) is 37.4 Å². The van der Waals surface area contributed by atoms with Crippen LogP contribution in [0.2, 0.25) is 0 Å². The number of ketones is 1. The number of carbonyl (C=O) groups is 2. The average molecular weight is 348 g/mol. The van der Waals surface area contributed by atoms with E-state index in [0.29, 0.717) is 43.0 Å². The predicted octanol–water partition coefficient (Wildman–Crippen LogP) is 3.11. The number of hydrogen-bond acceptors (Lipinski definition) is 4. The van der Waals surface area contributed by atoms with Gasteiger partial charge in [0.05, 0.1) is 11.3 Å². The molecule has 132 valence electrons. The number of nitrogens with one attached hydrogen (secondary N) is 1. The van der Waals surface area contributed by atoms with Crippen LogP contribution in [0.25, 0.3) is 0 Å². The van der Waals surface area contributed by atoms with Gasteiger partial charge in [-0.05, 0) is 31.2 Å². The monoisotopic (exact) mass is 348 g/mol. The molecule has 1 aliphatic heterocycles. The minimum Gasteiger partial charge on any atom is -0.367 e. The summed E-state index contributed by atoms with van der Waals surface area (Å²) in [6.07, 6.45) is 0. The highest BCUT2D eigenvalue weighted by Gasteiger charge is 2.22. The highest BCUT2D eigenvalue weighted by Crippen LogP contribution is 2.21. The van der Waals surface area contributed by atoms with Gasteiger partial charge in [0.1, 0.15) is 6.07 Å². The van der Waals surface area contributed by atoms with Crippen LogP contribution in [0, 0.1) is 11.3 Å². The van der Waals surface area contributed by atoms with Crippen molar-refractivity contribution in [1.29, 1.82) is 5.26 Å². The zero-order valence-electron chi connectivity index (χ0n) is 14.6. The highest BCUT2D eigenvalue weighted by molar-refractivity contribution is 5.96. The van der Waals surface area contributed by atoms with E-state index in [2.05, 4.69) is 16.3 Å². The van der Waals surface area contributed by atoms with Gasteiger partial charge in [-0.15, -0.1) is 0 Å². The summed E-state index contributed by atoms with van der Waals surface area (Å²) in [6.45, 7) is 3.97. The third kappa shape index (κ3) is 3.83. The van der Waals surface area contributed by atoms with Crippen LogP contribution in [0.5, 0.6) is 0 Å². The smallest absolute Gasteiger partial charge is 0.321 e. The number of benzene rings is 2. The predicted molar refractivity (Wildman–Crippen MR) is 100 cm³/mol. The third-order valence-electron chi connectivity index (χ3n) is 4.45. The van der Waals surface area contributed by atoms with Crippen molar-refractivity contribution >= 4 is 23.2 Å². The number of amides is 2. The number of piperazine rings is 1. The van der Waals surface area contributed by atoms with Crippen molar-refractivity contribution < 1.29 is 9.59 Å². The molecule has 2 amide bonds. The highest BCUT2D eigenvalue weighted by atomic mass is 16.2. The number of carbonyl (C=O) groups excluding carboxylic acids is 2. The van der Waals surface area contributed by atoms with Gasteiger partial charge in [0.25, 0.3) is 0 Å². The third-order valence-corrected chi connectivity index (χ3v) is 4.45. The Balaban J connectivity index is 1.61. The molecule has 2 aromatic rings. The molecule has 0 aliphatic carbocycles. The molecule has 6 heteroatoms. The van der Waals surface area contributed by atoms with E-state index in [-0.39, 0.29) is 11.8 Å². The molecule has 0 atom stereocenters. The van der Waals surface area contributed by atoms with E-state index in [9.17, 15) is 14.9 Å². The first-order valence-corrected chi connectivity index (χ1v) is 8.49. The molecule has 1 N–H and O–H groups in total. The van der Waals surface area contributed by atoms with Gasteiger partial charge in [0.15, 0.2) is 5.78 Å². The number of anilines is 2. The Hall–Kier alpha value is -3.33. The molecule has 0 saturated carbocycles. The molecule has 1 aliphatic rings. The van der Waals surface area contributed by atoms with Crippen molar-refractivity contribution in [2.45, 2.75) is 6.92 Å². The standard InChI is InChI=1S/C20H20N4O2/c1-15(25)16-6-4-7-18(13-16)22-20(26)24-11-9-23(10-12-24)19-8-3-2-5-17(19)14-21/h2-8,13H,9-12H2,1H3,(H,22,26). The van der Waals surface area contributed by atoms with Crippen LogP contribution >= 0.6 is 0 Å². The number of para-hydroxylation sites is 1. The van der Waals surface area contributed by atoms with Gasteiger partial charge in [-0.1, -0.05) is 24.3 Å². The lowest BCUT2D eigenvalue weighted by atomic mass is 10.1. The Morgan fingerprint density at radius 2 is 1.77 bits per heavy atom. The Bertz CT molecular complexity index is 864. The first-order valence-electron chi connectivity index (χ1n) is 8.49. The van der Waals surface area contributed by atoms with Gasteiger partial charge < -0.3 is 15.1 Å². The molecule has 0 bridgehead atoms. The summed E-state index contributed by atoms with van der Waals surface area (Å²) in [7, 11) is 0. The van der Waals surface area contributed by atoms with Crippen LogP contribution in [0.4, 0.5) is 16.2 Å². The molecule has 0 spiro atoms. The SMILES string of the molecule is CC(=O)c1cccc(NC(=O)N2CCN(c3ccccc3C#N)CC2)c1. The first kappa shape index (κ1) is 17.5. The number of rotatable bonds is 3. The van der Waals surface area contributed by atoms with Gasteiger partial charge in [-0.2, -0.15) is 5.26 Å². The Labute approximate surface area is 152 Å². The molecule has 1 saturated heterocycles. The number of Topliss-reactive ketones (excluding diaryl/α,β-unsaturated/α-hetero) is 1.